The summed E-state index contributed by atoms with van der Waals surface area (Å²) in [5.41, 5.74) is 0. The third-order valence-corrected chi connectivity index (χ3v) is 15.7. The normalized spacial score (nSPS) is 12.2. The van der Waals surface area contributed by atoms with Gasteiger partial charge in [0.15, 0.2) is 0 Å². The Bertz CT molecular complexity index is 818. The van der Waals surface area contributed by atoms with Crippen LogP contribution in [0.5, 0.6) is 0 Å². The number of nitrogens with zero attached hydrogens (tertiary/aromatic N) is 5. The van der Waals surface area contributed by atoms with Crippen LogP contribution in [-0.2, 0) is 0 Å². The first-order chi connectivity index (χ1) is 34.1. The molecule has 0 aliphatic carbocycles. The lowest BCUT2D eigenvalue weighted by Gasteiger charge is -2.32. The number of hydrogen-bond acceptors (Lipinski definition) is 5. The fraction of sp³-hybridized carbons (Fsp3) is 1.00. The van der Waals surface area contributed by atoms with E-state index in [4.69, 9.17) is 0 Å². The van der Waals surface area contributed by atoms with Crippen molar-refractivity contribution in [3.05, 3.63) is 0 Å². The van der Waals surface area contributed by atoms with Gasteiger partial charge in [0.05, 0.1) is 0 Å². The summed E-state index contributed by atoms with van der Waals surface area (Å²) in [6.07, 6.45) is 59.1. The molecular weight excluding hydrogens is 839 g/mol. The largest absolute Gasteiger partial charge is 0.302 e. The molecule has 0 heterocycles. The van der Waals surface area contributed by atoms with Gasteiger partial charge in [0.2, 0.25) is 0 Å². The van der Waals surface area contributed by atoms with Crippen molar-refractivity contribution in [3.63, 3.8) is 0 Å². The van der Waals surface area contributed by atoms with Gasteiger partial charge >= 0.3 is 0 Å². The van der Waals surface area contributed by atoms with E-state index < -0.39 is 0 Å². The molecule has 0 unspecified atom stereocenters. The Morgan fingerprint density at radius 1 is 0.116 bits per heavy atom. The molecule has 0 atom stereocenters. The summed E-state index contributed by atoms with van der Waals surface area (Å²) in [5, 5.41) is 0. The van der Waals surface area contributed by atoms with E-state index in [1.165, 1.54) is 368 Å². The van der Waals surface area contributed by atoms with E-state index in [0.29, 0.717) is 0 Å². The highest BCUT2D eigenvalue weighted by Gasteiger charge is 2.16. The van der Waals surface area contributed by atoms with Gasteiger partial charge in [0.25, 0.3) is 0 Å². The van der Waals surface area contributed by atoms with Crippen LogP contribution in [0.15, 0.2) is 0 Å². The lowest BCUT2D eigenvalue weighted by atomic mass is 10.1. The minimum absolute atomic E-state index is 1.26. The molecule has 0 aromatic carbocycles. The van der Waals surface area contributed by atoms with Crippen LogP contribution in [0.1, 0.15) is 318 Å². The van der Waals surface area contributed by atoms with Crippen LogP contribution in [0.2, 0.25) is 0 Å². The van der Waals surface area contributed by atoms with Crippen LogP contribution in [0, 0.1) is 0 Å². The van der Waals surface area contributed by atoms with E-state index in [1.807, 2.05) is 0 Å². The summed E-state index contributed by atoms with van der Waals surface area (Å²) in [6.45, 7) is 35.8. The molecule has 69 heavy (non-hydrogen) atoms. The SMILES string of the molecule is CCCCCCCCN(CCCCCCCC)CCN(CCCCCCCC)CCN(CCCCCCCC)CCN(CCCCCCCC)CCN(CCCCCCCC)CCCCCCCC. The average Bonchev–Trinajstić information content (AvgIpc) is 3.36. The van der Waals surface area contributed by atoms with Crippen LogP contribution >= 0.6 is 0 Å². The Labute approximate surface area is 439 Å². The lowest BCUT2D eigenvalue weighted by molar-refractivity contribution is 0.147. The molecule has 0 amide bonds. The monoisotopic (exact) mass is 974 g/mol. The second-order valence-electron chi connectivity index (χ2n) is 22.6. The average molecular weight is 975 g/mol. The van der Waals surface area contributed by atoms with Crippen molar-refractivity contribution in [3.8, 4) is 0 Å². The van der Waals surface area contributed by atoms with Gasteiger partial charge < -0.3 is 24.5 Å². The summed E-state index contributed by atoms with van der Waals surface area (Å²) >= 11 is 0. The van der Waals surface area contributed by atoms with Crippen LogP contribution in [0.3, 0.4) is 0 Å². The first-order valence-corrected chi connectivity index (χ1v) is 32.7. The Morgan fingerprint density at radius 2 is 0.217 bits per heavy atom. The summed E-state index contributed by atoms with van der Waals surface area (Å²) in [7, 11) is 0. The predicted octanol–water partition coefficient (Wildman–Crippen LogP) is 19.0. The Balaban J connectivity index is 6.04. The predicted molar refractivity (Wildman–Crippen MR) is 316 cm³/mol. The Hall–Kier alpha value is -0.200. The van der Waals surface area contributed by atoms with Crippen LogP contribution < -0.4 is 0 Å². The van der Waals surface area contributed by atoms with Gasteiger partial charge in [0.1, 0.15) is 0 Å². The van der Waals surface area contributed by atoms with Gasteiger partial charge in [-0.05, 0) is 90.8 Å². The van der Waals surface area contributed by atoms with Gasteiger partial charge in [-0.15, -0.1) is 0 Å². The highest BCUT2D eigenvalue weighted by Crippen LogP contribution is 2.14. The zero-order valence-electron chi connectivity index (χ0n) is 49.5. The van der Waals surface area contributed by atoms with Crippen molar-refractivity contribution < 1.29 is 0 Å². The van der Waals surface area contributed by atoms with Gasteiger partial charge in [0, 0.05) is 52.4 Å². The van der Waals surface area contributed by atoms with E-state index in [1.54, 1.807) is 0 Å². The zero-order valence-corrected chi connectivity index (χ0v) is 49.5. The second kappa shape index (κ2) is 58.7. The van der Waals surface area contributed by atoms with Crippen molar-refractivity contribution in [1.29, 1.82) is 0 Å². The zero-order chi connectivity index (χ0) is 50.2. The minimum atomic E-state index is 1.26. The highest BCUT2D eigenvalue weighted by atomic mass is 15.2. The maximum absolute atomic E-state index is 2.96. The Kier molecular flexibility index (Phi) is 58.5. The summed E-state index contributed by atoms with van der Waals surface area (Å²) in [6, 6.07) is 0. The van der Waals surface area contributed by atoms with E-state index in [9.17, 15) is 0 Å². The molecule has 0 N–H and O–H groups in total. The number of hydrogen-bond donors (Lipinski definition) is 0. The van der Waals surface area contributed by atoms with Gasteiger partial charge in [-0.2, -0.15) is 0 Å². The van der Waals surface area contributed by atoms with E-state index in [2.05, 4.69) is 73.0 Å². The quantitative estimate of drug-likeness (QED) is 0.0563. The molecule has 5 heteroatoms. The molecule has 0 aliphatic heterocycles. The first kappa shape index (κ1) is 68.8. The van der Waals surface area contributed by atoms with Crippen LogP contribution in [0.25, 0.3) is 0 Å². The van der Waals surface area contributed by atoms with Gasteiger partial charge in [-0.1, -0.05) is 273 Å². The van der Waals surface area contributed by atoms with Gasteiger partial charge in [-0.25, -0.2) is 0 Å². The second-order valence-corrected chi connectivity index (χ2v) is 22.6. The molecule has 0 aliphatic rings. The molecule has 0 radical (unpaired) electrons. The van der Waals surface area contributed by atoms with Crippen LogP contribution in [0.4, 0.5) is 0 Å². The summed E-state index contributed by atoms with van der Waals surface area (Å²) in [4.78, 5) is 14.7. The van der Waals surface area contributed by atoms with Crippen molar-refractivity contribution in [2.45, 2.75) is 318 Å². The topological polar surface area (TPSA) is 16.2 Å². The highest BCUT2D eigenvalue weighted by molar-refractivity contribution is 4.72. The molecule has 0 aromatic rings. The minimum Gasteiger partial charge on any atom is -0.302 e. The third-order valence-electron chi connectivity index (χ3n) is 15.7. The Morgan fingerprint density at radius 3 is 0.348 bits per heavy atom. The molecule has 0 aromatic heterocycles. The fourth-order valence-corrected chi connectivity index (χ4v) is 10.6. The van der Waals surface area contributed by atoms with Gasteiger partial charge in [-0.3, -0.25) is 0 Å². The summed E-state index contributed by atoms with van der Waals surface area (Å²) in [5.74, 6) is 0. The van der Waals surface area contributed by atoms with E-state index in [-0.39, 0.29) is 0 Å². The molecule has 0 bridgehead atoms. The van der Waals surface area contributed by atoms with Crippen molar-refractivity contribution in [2.75, 3.05) is 98.2 Å². The molecule has 0 saturated carbocycles. The number of rotatable bonds is 61. The summed E-state index contributed by atoms with van der Waals surface area (Å²) < 4.78 is 0. The molecule has 0 saturated heterocycles. The van der Waals surface area contributed by atoms with Crippen molar-refractivity contribution >= 4 is 0 Å². The standard InChI is InChI=1S/C64H135N5/c1-8-15-22-29-36-43-50-65(51-44-37-30-23-16-9-2)57-59-67(54-47-40-33-26-19-12-5)61-63-69(56-49-42-35-28-21-14-7)64-62-68(55-48-41-34-27-20-13-6)60-58-66(52-45-38-31-24-17-10-3)53-46-39-32-25-18-11-4/h8-64H2,1-7H3. The molecule has 0 spiro atoms. The third kappa shape index (κ3) is 51.1. The fourth-order valence-electron chi connectivity index (χ4n) is 10.6. The maximum atomic E-state index is 2.96. The molecule has 5 nitrogen and oxygen atoms in total. The smallest absolute Gasteiger partial charge is 0.0110 e. The van der Waals surface area contributed by atoms with E-state index >= 15 is 0 Å². The molecular formula is C64H135N5. The molecule has 0 fully saturated rings. The molecule has 0 rings (SSSR count). The van der Waals surface area contributed by atoms with Crippen LogP contribution in [-0.4, -0.2) is 123 Å². The van der Waals surface area contributed by atoms with Crippen molar-refractivity contribution in [2.24, 2.45) is 0 Å². The lowest BCUT2D eigenvalue weighted by Crippen LogP contribution is -2.44. The maximum Gasteiger partial charge on any atom is 0.0110 e. The number of unbranched alkanes of at least 4 members (excludes halogenated alkanes) is 35. The first-order valence-electron chi connectivity index (χ1n) is 32.7. The molecule has 416 valence electrons. The van der Waals surface area contributed by atoms with E-state index in [0.717, 1.165) is 0 Å². The van der Waals surface area contributed by atoms with Crippen molar-refractivity contribution in [1.82, 2.24) is 24.5 Å².